The predicted octanol–water partition coefficient (Wildman–Crippen LogP) is 3.99. The van der Waals surface area contributed by atoms with E-state index in [4.69, 9.17) is 0 Å². The minimum atomic E-state index is -0.0475. The van der Waals surface area contributed by atoms with E-state index in [1.165, 1.54) is 12.4 Å². The minimum Gasteiger partial charge on any atom is -0.350 e. The number of hydrogen-bond acceptors (Lipinski definition) is 8. The standard InChI is InChI=1S/C22H24N8/c1-3-5-7-17-13-27-19(9-23)21(11-25)29-15-18(8-6-4-2)16-30-22(12-26)20(10-24)28-14-17/h13-16,27,30H,3-8H2,1-2H3/b17-13-,18-16-,21-19-,22-20-,28-14-,29-15+. The molecule has 152 valence electrons. The highest BCUT2D eigenvalue weighted by molar-refractivity contribution is 5.81. The van der Waals surface area contributed by atoms with Gasteiger partial charge in [-0.2, -0.15) is 21.0 Å². The highest BCUT2D eigenvalue weighted by atomic mass is 14.9. The molecule has 0 aliphatic carbocycles. The Balaban J connectivity index is 3.56. The van der Waals surface area contributed by atoms with Crippen LogP contribution >= 0.6 is 0 Å². The van der Waals surface area contributed by atoms with E-state index in [1.807, 2.05) is 38.1 Å². The van der Waals surface area contributed by atoms with Gasteiger partial charge in [0.15, 0.2) is 22.8 Å². The van der Waals surface area contributed by atoms with Crippen LogP contribution in [0.2, 0.25) is 0 Å². The Morgan fingerprint density at radius 1 is 0.700 bits per heavy atom. The first-order chi connectivity index (χ1) is 14.6. The van der Waals surface area contributed by atoms with E-state index in [1.54, 1.807) is 12.4 Å². The molecular formula is C22H24N8. The summed E-state index contributed by atoms with van der Waals surface area (Å²) < 4.78 is 0. The summed E-state index contributed by atoms with van der Waals surface area (Å²) in [5.74, 6) is 0. The highest BCUT2D eigenvalue weighted by Crippen LogP contribution is 2.12. The molecule has 0 spiro atoms. The molecule has 0 radical (unpaired) electrons. The third kappa shape index (κ3) is 7.85. The molecule has 30 heavy (non-hydrogen) atoms. The van der Waals surface area contributed by atoms with Crippen molar-refractivity contribution in [3.63, 3.8) is 0 Å². The maximum Gasteiger partial charge on any atom is 0.174 e. The molecule has 1 heterocycles. The van der Waals surface area contributed by atoms with Crippen LogP contribution in [0, 0.1) is 45.3 Å². The van der Waals surface area contributed by atoms with Crippen molar-refractivity contribution in [3.8, 4) is 24.3 Å². The van der Waals surface area contributed by atoms with Gasteiger partial charge in [-0.25, -0.2) is 9.98 Å². The van der Waals surface area contributed by atoms with Gasteiger partial charge in [0, 0.05) is 24.8 Å². The predicted molar refractivity (Wildman–Crippen MR) is 115 cm³/mol. The van der Waals surface area contributed by atoms with E-state index >= 15 is 0 Å². The maximum absolute atomic E-state index is 9.44. The summed E-state index contributed by atoms with van der Waals surface area (Å²) in [4.78, 5) is 8.33. The summed E-state index contributed by atoms with van der Waals surface area (Å²) in [6.07, 6.45) is 11.0. The van der Waals surface area contributed by atoms with Gasteiger partial charge >= 0.3 is 0 Å². The van der Waals surface area contributed by atoms with Gasteiger partial charge < -0.3 is 10.6 Å². The lowest BCUT2D eigenvalue weighted by molar-refractivity contribution is 0.798. The monoisotopic (exact) mass is 400 g/mol. The molecule has 1 aliphatic heterocycles. The smallest absolute Gasteiger partial charge is 0.174 e. The van der Waals surface area contributed by atoms with Crippen LogP contribution in [0.5, 0.6) is 0 Å². The van der Waals surface area contributed by atoms with Crippen molar-refractivity contribution in [2.24, 2.45) is 9.98 Å². The Bertz CT molecular complexity index is 883. The van der Waals surface area contributed by atoms with Crippen LogP contribution in [-0.4, -0.2) is 12.4 Å². The van der Waals surface area contributed by atoms with Crippen LogP contribution in [0.1, 0.15) is 52.4 Å². The topological polar surface area (TPSA) is 144 Å². The normalized spacial score (nSPS) is 25.1. The molecule has 0 aromatic carbocycles. The van der Waals surface area contributed by atoms with Gasteiger partial charge in [0.1, 0.15) is 24.3 Å². The maximum atomic E-state index is 9.44. The first-order valence-corrected chi connectivity index (χ1v) is 9.71. The van der Waals surface area contributed by atoms with Crippen molar-refractivity contribution in [2.75, 3.05) is 0 Å². The average Bonchev–Trinajstić information content (AvgIpc) is 2.77. The number of nitriles is 4. The van der Waals surface area contributed by atoms with E-state index in [9.17, 15) is 21.0 Å². The number of nitrogens with one attached hydrogen (secondary N) is 2. The second-order valence-electron chi connectivity index (χ2n) is 6.35. The summed E-state index contributed by atoms with van der Waals surface area (Å²) in [7, 11) is 0. The number of nitrogens with zero attached hydrogens (tertiary/aromatic N) is 6. The molecule has 2 N–H and O–H groups in total. The summed E-state index contributed by atoms with van der Waals surface area (Å²) in [5.41, 5.74) is 1.37. The third-order valence-electron chi connectivity index (χ3n) is 4.07. The number of unbranched alkanes of at least 4 members (excludes halogenated alkanes) is 2. The zero-order valence-electron chi connectivity index (χ0n) is 17.2. The van der Waals surface area contributed by atoms with Gasteiger partial charge in [0.25, 0.3) is 0 Å². The summed E-state index contributed by atoms with van der Waals surface area (Å²) >= 11 is 0. The average molecular weight is 400 g/mol. The van der Waals surface area contributed by atoms with Crippen LogP contribution in [-0.2, 0) is 0 Å². The van der Waals surface area contributed by atoms with Gasteiger partial charge in [-0.15, -0.1) is 0 Å². The van der Waals surface area contributed by atoms with Gasteiger partial charge in [0.2, 0.25) is 0 Å². The molecule has 8 nitrogen and oxygen atoms in total. The molecule has 0 aromatic heterocycles. The Morgan fingerprint density at radius 2 is 1.10 bits per heavy atom. The van der Waals surface area contributed by atoms with Crippen molar-refractivity contribution in [1.29, 1.82) is 21.0 Å². The van der Waals surface area contributed by atoms with Gasteiger partial charge in [-0.3, -0.25) is 0 Å². The number of allylic oxidation sites excluding steroid dienone is 6. The van der Waals surface area contributed by atoms with Crippen LogP contribution in [0.4, 0.5) is 0 Å². The lowest BCUT2D eigenvalue weighted by atomic mass is 10.1. The lowest BCUT2D eigenvalue weighted by Crippen LogP contribution is -2.10. The number of rotatable bonds is 6. The van der Waals surface area contributed by atoms with E-state index in [2.05, 4.69) is 20.6 Å². The second-order valence-corrected chi connectivity index (χ2v) is 6.35. The molecule has 1 aliphatic rings. The van der Waals surface area contributed by atoms with Crippen molar-refractivity contribution in [1.82, 2.24) is 10.6 Å². The van der Waals surface area contributed by atoms with Crippen LogP contribution in [0.25, 0.3) is 0 Å². The molecule has 0 bridgehead atoms. The van der Waals surface area contributed by atoms with Gasteiger partial charge in [-0.05, 0) is 36.8 Å². The fourth-order valence-electron chi connectivity index (χ4n) is 2.34. The zero-order valence-corrected chi connectivity index (χ0v) is 17.2. The Morgan fingerprint density at radius 3 is 1.40 bits per heavy atom. The van der Waals surface area contributed by atoms with Gasteiger partial charge in [0.05, 0.1) is 0 Å². The van der Waals surface area contributed by atoms with E-state index in [0.29, 0.717) is 24.0 Å². The SMILES string of the molecule is CCCCC1=C/N\C(C#N)=C(C#N)/N=C/C(CCCC)=C\N\C(C#N)=C(C#N)/N=C\1. The van der Waals surface area contributed by atoms with Crippen molar-refractivity contribution in [2.45, 2.75) is 52.4 Å². The first-order valence-electron chi connectivity index (χ1n) is 9.71. The molecule has 0 saturated carbocycles. The highest BCUT2D eigenvalue weighted by Gasteiger charge is 2.08. The molecule has 1 rings (SSSR count). The lowest BCUT2D eigenvalue weighted by Gasteiger charge is -2.07. The molecule has 0 atom stereocenters. The quantitative estimate of drug-likeness (QED) is 0.690. The van der Waals surface area contributed by atoms with Crippen molar-refractivity contribution >= 4 is 12.4 Å². The molecule has 0 saturated heterocycles. The molecule has 0 fully saturated rings. The van der Waals surface area contributed by atoms with E-state index in [-0.39, 0.29) is 22.8 Å². The number of aliphatic imine (C=N–C) groups is 2. The van der Waals surface area contributed by atoms with Crippen LogP contribution < -0.4 is 10.6 Å². The molecule has 0 unspecified atom stereocenters. The first kappa shape index (κ1) is 23.9. The molecule has 0 aromatic rings. The minimum absolute atomic E-state index is 0.0183. The Hall–Kier alpha value is -4.14. The third-order valence-corrected chi connectivity index (χ3v) is 4.07. The van der Waals surface area contributed by atoms with E-state index < -0.39 is 0 Å². The molecular weight excluding hydrogens is 376 g/mol. The molecule has 0 amide bonds. The van der Waals surface area contributed by atoms with Crippen molar-refractivity contribution in [3.05, 3.63) is 46.3 Å². The largest absolute Gasteiger partial charge is 0.350 e. The zero-order chi connectivity index (χ0) is 22.2. The fraction of sp³-hybridized carbons (Fsp3) is 0.364. The van der Waals surface area contributed by atoms with E-state index in [0.717, 1.165) is 25.7 Å². The molecule has 8 heteroatoms. The Kier molecular flexibility index (Phi) is 11.1. The van der Waals surface area contributed by atoms with Crippen molar-refractivity contribution < 1.29 is 0 Å². The second kappa shape index (κ2) is 13.9. The fourth-order valence-corrected chi connectivity index (χ4v) is 2.34. The summed E-state index contributed by atoms with van der Waals surface area (Å²) in [6.45, 7) is 4.08. The van der Waals surface area contributed by atoms with Crippen LogP contribution in [0.3, 0.4) is 0 Å². The summed E-state index contributed by atoms with van der Waals surface area (Å²) in [6, 6.07) is 7.79. The summed E-state index contributed by atoms with van der Waals surface area (Å²) in [5, 5.41) is 43.4. The number of hydrogen-bond donors (Lipinski definition) is 2. The Labute approximate surface area is 177 Å². The van der Waals surface area contributed by atoms with Crippen LogP contribution in [0.15, 0.2) is 56.3 Å². The van der Waals surface area contributed by atoms with Gasteiger partial charge in [-0.1, -0.05) is 26.7 Å².